The number of allylic oxidation sites excluding steroid dienone is 1. The monoisotopic (exact) mass is 338 g/mol. The number of fused-ring (bicyclic) bond motifs is 2. The van der Waals surface area contributed by atoms with E-state index in [9.17, 15) is 15.0 Å². The number of rotatable bonds is 2. The first kappa shape index (κ1) is 16.5. The van der Waals surface area contributed by atoms with Gasteiger partial charge in [-0.3, -0.25) is 4.79 Å². The van der Waals surface area contributed by atoms with E-state index in [-0.39, 0.29) is 6.61 Å². The van der Waals surface area contributed by atoms with Crippen LogP contribution in [0.15, 0.2) is 11.6 Å². The van der Waals surface area contributed by atoms with Gasteiger partial charge in [0.1, 0.15) is 23.9 Å². The first-order valence-electron chi connectivity index (χ1n) is 8.64. The van der Waals surface area contributed by atoms with Crippen LogP contribution in [0.4, 0.5) is 0 Å². The molecule has 6 nitrogen and oxygen atoms in total. The van der Waals surface area contributed by atoms with Crippen molar-refractivity contribution in [1.82, 2.24) is 0 Å². The van der Waals surface area contributed by atoms with Crippen molar-refractivity contribution in [2.45, 2.75) is 70.1 Å². The van der Waals surface area contributed by atoms with Crippen LogP contribution in [0.25, 0.3) is 0 Å². The van der Waals surface area contributed by atoms with Crippen LogP contribution in [0.1, 0.15) is 40.5 Å². The smallest absolute Gasteiger partial charge is 0.303 e. The lowest BCUT2D eigenvalue weighted by Crippen LogP contribution is -2.71. The Kier molecular flexibility index (Phi) is 3.17. The van der Waals surface area contributed by atoms with Gasteiger partial charge < -0.3 is 24.4 Å². The molecule has 0 radical (unpaired) electrons. The SMILES string of the molecule is CC(=O)O[C@@H]1[C@@H](O)[C@H]2O[C@]3(C)C=C(C)CC[C@]3(CO)[C@]1(C)[C@]21CO1. The van der Waals surface area contributed by atoms with Crippen LogP contribution in [0, 0.1) is 10.8 Å². The minimum absolute atomic E-state index is 0.119. The molecule has 1 spiro atoms. The summed E-state index contributed by atoms with van der Waals surface area (Å²) in [5.41, 5.74) is -1.65. The maximum Gasteiger partial charge on any atom is 0.303 e. The van der Waals surface area contributed by atoms with Crippen molar-refractivity contribution >= 4 is 5.97 Å². The van der Waals surface area contributed by atoms with Crippen LogP contribution in [0.3, 0.4) is 0 Å². The van der Waals surface area contributed by atoms with Crippen molar-refractivity contribution in [3.63, 3.8) is 0 Å². The second-order valence-corrected chi connectivity index (χ2v) is 8.28. The summed E-state index contributed by atoms with van der Waals surface area (Å²) in [6.45, 7) is 7.68. The molecule has 0 aromatic carbocycles. The Morgan fingerprint density at radius 2 is 2.12 bits per heavy atom. The van der Waals surface area contributed by atoms with E-state index in [0.29, 0.717) is 13.0 Å². The molecule has 0 amide bonds. The molecule has 6 heteroatoms. The summed E-state index contributed by atoms with van der Waals surface area (Å²) in [6, 6.07) is 0. The normalized spacial score (nSPS) is 55.1. The highest BCUT2D eigenvalue weighted by Gasteiger charge is 2.87. The van der Waals surface area contributed by atoms with Gasteiger partial charge in [0.25, 0.3) is 0 Å². The van der Waals surface area contributed by atoms with Gasteiger partial charge in [0.05, 0.1) is 24.2 Å². The third kappa shape index (κ3) is 1.54. The molecule has 0 unspecified atom stereocenters. The number of hydrogen-bond donors (Lipinski definition) is 2. The minimum atomic E-state index is -0.971. The molecule has 2 saturated heterocycles. The molecule has 3 fully saturated rings. The Morgan fingerprint density at radius 1 is 1.46 bits per heavy atom. The summed E-state index contributed by atoms with van der Waals surface area (Å²) in [5.74, 6) is -0.444. The molecule has 134 valence electrons. The summed E-state index contributed by atoms with van der Waals surface area (Å²) in [4.78, 5) is 11.7. The Balaban J connectivity index is 1.94. The lowest BCUT2D eigenvalue weighted by Gasteiger charge is -2.62. The number of ether oxygens (including phenoxy) is 3. The lowest BCUT2D eigenvalue weighted by atomic mass is 9.47. The summed E-state index contributed by atoms with van der Waals surface area (Å²) in [6.07, 6.45) is 1.29. The van der Waals surface area contributed by atoms with E-state index in [1.807, 2.05) is 13.8 Å². The van der Waals surface area contributed by atoms with E-state index in [1.165, 1.54) is 12.5 Å². The summed E-state index contributed by atoms with van der Waals surface area (Å²) >= 11 is 0. The average Bonchev–Trinajstić information content (AvgIpc) is 3.28. The van der Waals surface area contributed by atoms with Gasteiger partial charge in [-0.1, -0.05) is 18.6 Å². The first-order valence-corrected chi connectivity index (χ1v) is 8.64. The van der Waals surface area contributed by atoms with E-state index in [1.54, 1.807) is 0 Å². The molecular weight excluding hydrogens is 312 g/mol. The van der Waals surface area contributed by atoms with Crippen LogP contribution < -0.4 is 0 Å². The molecule has 2 aliphatic heterocycles. The number of esters is 1. The quantitative estimate of drug-likeness (QED) is 0.443. The maximum absolute atomic E-state index is 11.7. The molecule has 1 saturated carbocycles. The van der Waals surface area contributed by atoms with Crippen LogP contribution in [0.2, 0.25) is 0 Å². The first-order chi connectivity index (χ1) is 11.2. The molecule has 4 rings (SSSR count). The summed E-state index contributed by atoms with van der Waals surface area (Å²) in [5, 5.41) is 21.4. The van der Waals surface area contributed by atoms with Crippen LogP contribution >= 0.6 is 0 Å². The predicted molar refractivity (Wildman–Crippen MR) is 84.1 cm³/mol. The van der Waals surface area contributed by atoms with Crippen molar-refractivity contribution in [3.05, 3.63) is 11.6 Å². The Bertz CT molecular complexity index is 625. The average molecular weight is 338 g/mol. The zero-order valence-electron chi connectivity index (χ0n) is 14.7. The van der Waals surface area contributed by atoms with Crippen molar-refractivity contribution in [2.75, 3.05) is 13.2 Å². The fourth-order valence-corrected chi connectivity index (χ4v) is 5.99. The highest BCUT2D eigenvalue weighted by Crippen LogP contribution is 2.74. The zero-order valence-corrected chi connectivity index (χ0v) is 14.7. The molecule has 2 N–H and O–H groups in total. The van der Waals surface area contributed by atoms with Crippen molar-refractivity contribution < 1.29 is 29.2 Å². The van der Waals surface area contributed by atoms with Gasteiger partial charge in [0, 0.05) is 12.3 Å². The second kappa shape index (κ2) is 4.61. The number of aliphatic hydroxyl groups is 2. The lowest BCUT2D eigenvalue weighted by molar-refractivity contribution is -0.270. The number of aliphatic hydroxyl groups excluding tert-OH is 2. The van der Waals surface area contributed by atoms with Gasteiger partial charge in [0.2, 0.25) is 0 Å². The van der Waals surface area contributed by atoms with Crippen LogP contribution in [-0.4, -0.2) is 58.9 Å². The van der Waals surface area contributed by atoms with E-state index < -0.39 is 46.3 Å². The molecular formula is C18H26O6. The van der Waals surface area contributed by atoms with E-state index >= 15 is 0 Å². The number of carbonyl (C=O) groups is 1. The van der Waals surface area contributed by atoms with Crippen molar-refractivity contribution in [3.8, 4) is 0 Å². The highest BCUT2D eigenvalue weighted by atomic mass is 16.7. The third-order valence-corrected chi connectivity index (χ3v) is 7.33. The van der Waals surface area contributed by atoms with Crippen molar-refractivity contribution in [2.24, 2.45) is 10.8 Å². The Labute approximate surface area is 141 Å². The molecule has 4 aliphatic rings. The fraction of sp³-hybridized carbons (Fsp3) is 0.833. The highest BCUT2D eigenvalue weighted by molar-refractivity contribution is 5.66. The molecule has 2 aliphatic carbocycles. The Morgan fingerprint density at radius 3 is 2.67 bits per heavy atom. The molecule has 0 aromatic heterocycles. The fourth-order valence-electron chi connectivity index (χ4n) is 5.99. The Hall–Kier alpha value is -0.950. The zero-order chi connectivity index (χ0) is 17.5. The molecule has 2 heterocycles. The van der Waals surface area contributed by atoms with Crippen LogP contribution in [0.5, 0.6) is 0 Å². The van der Waals surface area contributed by atoms with Gasteiger partial charge >= 0.3 is 5.97 Å². The van der Waals surface area contributed by atoms with E-state index in [2.05, 4.69) is 13.0 Å². The predicted octanol–water partition coefficient (Wildman–Crippen LogP) is 0.944. The number of hydrogen-bond acceptors (Lipinski definition) is 6. The topological polar surface area (TPSA) is 88.5 Å². The maximum atomic E-state index is 11.7. The van der Waals surface area contributed by atoms with Gasteiger partial charge in [-0.05, 0) is 26.7 Å². The minimum Gasteiger partial charge on any atom is -0.459 e. The van der Waals surface area contributed by atoms with E-state index in [4.69, 9.17) is 14.2 Å². The third-order valence-electron chi connectivity index (χ3n) is 7.33. The second-order valence-electron chi connectivity index (χ2n) is 8.28. The van der Waals surface area contributed by atoms with E-state index in [0.717, 1.165) is 6.42 Å². The molecule has 2 bridgehead atoms. The summed E-state index contributed by atoms with van der Waals surface area (Å²) in [7, 11) is 0. The van der Waals surface area contributed by atoms with Crippen LogP contribution in [-0.2, 0) is 19.0 Å². The molecule has 0 aromatic rings. The number of epoxide rings is 1. The van der Waals surface area contributed by atoms with Gasteiger partial charge in [0.15, 0.2) is 0 Å². The largest absolute Gasteiger partial charge is 0.459 e. The summed E-state index contributed by atoms with van der Waals surface area (Å²) < 4.78 is 17.8. The van der Waals surface area contributed by atoms with Gasteiger partial charge in [-0.15, -0.1) is 0 Å². The number of carbonyl (C=O) groups excluding carboxylic acids is 1. The standard InChI is InChI=1S/C18H26O6/c1-10-5-6-17(8-19)15(3,7-10)24-14-12(21)13(23-11(2)20)16(17,4)18(14)9-22-18/h7,12-14,19,21H,5-6,8-9H2,1-4H3/t12-,13-,14-,15-,16-,17-,18+/m1/s1. The van der Waals surface area contributed by atoms with Gasteiger partial charge in [-0.25, -0.2) is 0 Å². The molecule has 24 heavy (non-hydrogen) atoms. The molecule has 7 atom stereocenters. The van der Waals surface area contributed by atoms with Crippen molar-refractivity contribution in [1.29, 1.82) is 0 Å². The van der Waals surface area contributed by atoms with Gasteiger partial charge in [-0.2, -0.15) is 0 Å².